The third kappa shape index (κ3) is 3.86. The maximum absolute atomic E-state index is 12.6. The molecule has 0 saturated carbocycles. The first kappa shape index (κ1) is 11.6. The highest BCUT2D eigenvalue weighted by Crippen LogP contribution is 2.10. The quantitative estimate of drug-likeness (QED) is 0.566. The summed E-state index contributed by atoms with van der Waals surface area (Å²) in [6, 6.07) is 11.3. The summed E-state index contributed by atoms with van der Waals surface area (Å²) < 4.78 is 12.6. The molecule has 0 amide bonds. The highest BCUT2D eigenvalue weighted by Gasteiger charge is 1.92. The second-order valence-corrected chi connectivity index (χ2v) is 4.18. The van der Waals surface area contributed by atoms with E-state index in [1.807, 2.05) is 30.3 Å². The van der Waals surface area contributed by atoms with Gasteiger partial charge < -0.3 is 0 Å². The molecule has 2 aromatic rings. The van der Waals surface area contributed by atoms with Gasteiger partial charge in [0.2, 0.25) is 0 Å². The van der Waals surface area contributed by atoms with Gasteiger partial charge in [0.15, 0.2) is 5.13 Å². The van der Waals surface area contributed by atoms with Crippen LogP contribution in [0.3, 0.4) is 0 Å². The molecule has 0 fully saturated rings. The van der Waals surface area contributed by atoms with Crippen LogP contribution in [0.25, 0.3) is 0 Å². The van der Waals surface area contributed by atoms with Crippen LogP contribution in [0.1, 0.15) is 11.1 Å². The largest absolute Gasteiger partial charge is 0.280 e. The first-order valence-electron chi connectivity index (χ1n) is 5.12. The zero-order chi connectivity index (χ0) is 11.9. The van der Waals surface area contributed by atoms with Crippen molar-refractivity contribution in [3.05, 3.63) is 58.0 Å². The number of nitrogens with zero attached hydrogens (tertiary/aromatic N) is 1. The molecule has 1 aromatic carbocycles. The summed E-state index contributed by atoms with van der Waals surface area (Å²) >= 11 is 1.06. The van der Waals surface area contributed by atoms with Gasteiger partial charge >= 0.3 is 0 Å². The normalized spacial score (nSPS) is 10.2. The minimum absolute atomic E-state index is 0.206. The van der Waals surface area contributed by atoms with Crippen LogP contribution in [0.2, 0.25) is 0 Å². The Morgan fingerprint density at radius 3 is 2.82 bits per heavy atom. The molecular formula is C14H10FNS. The van der Waals surface area contributed by atoms with E-state index in [0.717, 1.165) is 16.9 Å². The van der Waals surface area contributed by atoms with Crippen LogP contribution in [0.15, 0.2) is 46.8 Å². The van der Waals surface area contributed by atoms with E-state index < -0.39 is 0 Å². The molecule has 0 atom stereocenters. The fourth-order valence-corrected chi connectivity index (χ4v) is 1.81. The maximum atomic E-state index is 12.6. The summed E-state index contributed by atoms with van der Waals surface area (Å²) in [4.78, 5) is 4.17. The molecule has 84 valence electrons. The number of benzene rings is 1. The molecule has 0 aliphatic heterocycles. The second kappa shape index (κ2) is 5.97. The van der Waals surface area contributed by atoms with Gasteiger partial charge in [-0.15, -0.1) is 11.3 Å². The van der Waals surface area contributed by atoms with E-state index >= 15 is 0 Å². The van der Waals surface area contributed by atoms with E-state index in [0.29, 0.717) is 12.1 Å². The first-order chi connectivity index (χ1) is 8.34. The Morgan fingerprint density at radius 2 is 2.12 bits per heavy atom. The van der Waals surface area contributed by atoms with Gasteiger partial charge in [-0.1, -0.05) is 42.2 Å². The lowest BCUT2D eigenvalue weighted by atomic mass is 10.2. The summed E-state index contributed by atoms with van der Waals surface area (Å²) in [6.07, 6.45) is 1.78. The summed E-state index contributed by atoms with van der Waals surface area (Å²) in [5.41, 5.74) is 1.76. The molecule has 0 aliphatic rings. The van der Waals surface area contributed by atoms with Gasteiger partial charge in [-0.05, 0) is 5.56 Å². The van der Waals surface area contributed by atoms with Crippen molar-refractivity contribution in [2.75, 3.05) is 6.54 Å². The monoisotopic (exact) mass is 243 g/mol. The predicted molar refractivity (Wildman–Crippen MR) is 70.1 cm³/mol. The number of rotatable bonds is 2. The van der Waals surface area contributed by atoms with Crippen LogP contribution in [0.4, 0.5) is 4.39 Å². The Hall–Kier alpha value is -1.92. The second-order valence-electron chi connectivity index (χ2n) is 3.32. The standard InChI is InChI=1S/C14H10FNS/c15-14-9-13(11-17-14)7-4-8-16-10-12-5-2-1-3-6-12/h1-3,5-6,9-11H,8H2/b16-10+. The highest BCUT2D eigenvalue weighted by atomic mass is 32.1. The van der Waals surface area contributed by atoms with E-state index in [4.69, 9.17) is 0 Å². The Bertz CT molecular complexity index is 561. The van der Waals surface area contributed by atoms with Crippen LogP contribution in [-0.2, 0) is 0 Å². The highest BCUT2D eigenvalue weighted by molar-refractivity contribution is 7.08. The van der Waals surface area contributed by atoms with E-state index in [2.05, 4.69) is 16.8 Å². The summed E-state index contributed by atoms with van der Waals surface area (Å²) in [7, 11) is 0. The van der Waals surface area contributed by atoms with Gasteiger partial charge in [0.1, 0.15) is 6.54 Å². The Balaban J connectivity index is 1.88. The molecule has 1 heterocycles. The van der Waals surface area contributed by atoms with Crippen molar-refractivity contribution < 1.29 is 4.39 Å². The summed E-state index contributed by atoms with van der Waals surface area (Å²) in [5.74, 6) is 5.74. The van der Waals surface area contributed by atoms with Crippen LogP contribution < -0.4 is 0 Å². The fraction of sp³-hybridized carbons (Fsp3) is 0.0714. The number of hydrogen-bond donors (Lipinski definition) is 0. The molecule has 1 nitrogen and oxygen atoms in total. The first-order valence-corrected chi connectivity index (χ1v) is 6.00. The predicted octanol–water partition coefficient (Wildman–Crippen LogP) is 3.36. The zero-order valence-corrected chi connectivity index (χ0v) is 9.88. The SMILES string of the molecule is Fc1cc(C#CC/N=C/c2ccccc2)cs1. The molecule has 17 heavy (non-hydrogen) atoms. The number of thiophene rings is 1. The molecule has 0 bridgehead atoms. The van der Waals surface area contributed by atoms with Crippen molar-refractivity contribution in [3.8, 4) is 11.8 Å². The molecular weight excluding hydrogens is 233 g/mol. The maximum Gasteiger partial charge on any atom is 0.177 e. The van der Waals surface area contributed by atoms with Crippen LogP contribution >= 0.6 is 11.3 Å². The van der Waals surface area contributed by atoms with Crippen molar-refractivity contribution in [1.82, 2.24) is 0 Å². The van der Waals surface area contributed by atoms with E-state index in [1.165, 1.54) is 6.07 Å². The van der Waals surface area contributed by atoms with Gasteiger partial charge in [0.05, 0.1) is 0 Å². The lowest BCUT2D eigenvalue weighted by molar-refractivity contribution is 0.657. The lowest BCUT2D eigenvalue weighted by Gasteiger charge is -1.88. The number of hydrogen-bond acceptors (Lipinski definition) is 2. The third-order valence-electron chi connectivity index (χ3n) is 2.01. The Kier molecular flexibility index (Phi) is 4.06. The van der Waals surface area contributed by atoms with Crippen molar-refractivity contribution in [2.24, 2.45) is 4.99 Å². The summed E-state index contributed by atoms with van der Waals surface area (Å²) in [6.45, 7) is 0.423. The van der Waals surface area contributed by atoms with Crippen molar-refractivity contribution in [2.45, 2.75) is 0 Å². The number of halogens is 1. The zero-order valence-electron chi connectivity index (χ0n) is 9.06. The van der Waals surface area contributed by atoms with Gasteiger partial charge in [-0.2, -0.15) is 4.39 Å². The van der Waals surface area contributed by atoms with Gasteiger partial charge in [0.25, 0.3) is 0 Å². The molecule has 0 radical (unpaired) electrons. The van der Waals surface area contributed by atoms with Crippen molar-refractivity contribution in [3.63, 3.8) is 0 Å². The van der Waals surface area contributed by atoms with Crippen LogP contribution in [0.5, 0.6) is 0 Å². The minimum Gasteiger partial charge on any atom is -0.280 e. The summed E-state index contributed by atoms with van der Waals surface area (Å²) in [5, 5.41) is 1.49. The van der Waals surface area contributed by atoms with E-state index in [-0.39, 0.29) is 5.13 Å². The number of aliphatic imine (C=N–C) groups is 1. The van der Waals surface area contributed by atoms with E-state index in [1.54, 1.807) is 11.6 Å². The molecule has 3 heteroatoms. The van der Waals surface area contributed by atoms with Crippen molar-refractivity contribution >= 4 is 17.6 Å². The molecule has 1 aromatic heterocycles. The molecule has 0 saturated heterocycles. The minimum atomic E-state index is -0.206. The molecule has 0 unspecified atom stereocenters. The third-order valence-corrected chi connectivity index (χ3v) is 2.73. The van der Waals surface area contributed by atoms with Gasteiger partial charge in [-0.3, -0.25) is 4.99 Å². The van der Waals surface area contributed by atoms with Gasteiger partial charge in [0, 0.05) is 23.2 Å². The average molecular weight is 243 g/mol. The Morgan fingerprint density at radius 1 is 1.29 bits per heavy atom. The molecule has 0 spiro atoms. The topological polar surface area (TPSA) is 12.4 Å². The fourth-order valence-electron chi connectivity index (χ4n) is 1.25. The smallest absolute Gasteiger partial charge is 0.177 e. The average Bonchev–Trinajstić information content (AvgIpc) is 2.76. The van der Waals surface area contributed by atoms with Crippen LogP contribution in [0, 0.1) is 17.0 Å². The molecule has 0 N–H and O–H groups in total. The Labute approximate surface area is 104 Å². The van der Waals surface area contributed by atoms with Crippen LogP contribution in [-0.4, -0.2) is 12.8 Å². The van der Waals surface area contributed by atoms with Gasteiger partial charge in [-0.25, -0.2) is 0 Å². The molecule has 2 rings (SSSR count). The lowest BCUT2D eigenvalue weighted by Crippen LogP contribution is -1.81. The van der Waals surface area contributed by atoms with E-state index in [9.17, 15) is 4.39 Å². The van der Waals surface area contributed by atoms with Crippen molar-refractivity contribution in [1.29, 1.82) is 0 Å². The molecule has 0 aliphatic carbocycles.